The van der Waals surface area contributed by atoms with Crippen LogP contribution < -0.4 is 16.0 Å². The maximum Gasteiger partial charge on any atom is 0.246 e. The highest BCUT2D eigenvalue weighted by Crippen LogP contribution is 2.25. The van der Waals surface area contributed by atoms with Crippen molar-refractivity contribution in [3.63, 3.8) is 0 Å². The lowest BCUT2D eigenvalue weighted by Crippen LogP contribution is -2.56. The highest BCUT2D eigenvalue weighted by Gasteiger charge is 2.36. The standard InChI is InChI=1S/C33H37ClN4O4/c1-3-35-18-17-28(32(41)36-26-13-14-27(34)22(2)19-26)37-33(42)29-20-24-11-7-8-12-25(24)21-38(29)31(40)16-15-30(39)23-9-5-4-6-10-23/h4-14,19,28-29,35H,3,15-18,20-21H2,1-2H3,(H,36,41)(H,37,42)/t28-,29-/m0/s1. The molecule has 1 heterocycles. The quantitative estimate of drug-likeness (QED) is 0.210. The number of amides is 3. The Morgan fingerprint density at radius 3 is 2.38 bits per heavy atom. The van der Waals surface area contributed by atoms with Crippen molar-refractivity contribution in [2.75, 3.05) is 18.4 Å². The van der Waals surface area contributed by atoms with Crippen molar-refractivity contribution in [1.82, 2.24) is 15.5 Å². The molecule has 0 bridgehead atoms. The van der Waals surface area contributed by atoms with Crippen LogP contribution >= 0.6 is 11.6 Å². The van der Waals surface area contributed by atoms with Crippen LogP contribution in [0, 0.1) is 6.92 Å². The van der Waals surface area contributed by atoms with Crippen LogP contribution in [0.4, 0.5) is 5.69 Å². The van der Waals surface area contributed by atoms with Crippen molar-refractivity contribution in [2.45, 2.75) is 58.2 Å². The molecule has 0 fully saturated rings. The summed E-state index contributed by atoms with van der Waals surface area (Å²) in [7, 11) is 0. The fourth-order valence-corrected chi connectivity index (χ4v) is 5.18. The molecule has 3 aromatic rings. The Bertz CT molecular complexity index is 1430. The van der Waals surface area contributed by atoms with Crippen LogP contribution in [0.1, 0.15) is 53.2 Å². The summed E-state index contributed by atoms with van der Waals surface area (Å²) in [6, 6.07) is 20.1. The Labute approximate surface area is 251 Å². The molecule has 3 amide bonds. The first-order chi connectivity index (χ1) is 20.3. The molecule has 0 radical (unpaired) electrons. The van der Waals surface area contributed by atoms with E-state index in [-0.39, 0.29) is 37.0 Å². The molecule has 8 nitrogen and oxygen atoms in total. The first kappa shape index (κ1) is 30.9. The van der Waals surface area contributed by atoms with Crippen LogP contribution in [0.2, 0.25) is 5.02 Å². The number of rotatable bonds is 12. The average molecular weight is 589 g/mol. The largest absolute Gasteiger partial charge is 0.342 e. The summed E-state index contributed by atoms with van der Waals surface area (Å²) in [4.78, 5) is 54.8. The summed E-state index contributed by atoms with van der Waals surface area (Å²) in [5, 5.41) is 9.60. The van der Waals surface area contributed by atoms with Gasteiger partial charge in [-0.2, -0.15) is 0 Å². The Morgan fingerprint density at radius 2 is 1.67 bits per heavy atom. The molecule has 1 aliphatic heterocycles. The number of hydrogen-bond acceptors (Lipinski definition) is 5. The van der Waals surface area contributed by atoms with Gasteiger partial charge in [0.2, 0.25) is 17.7 Å². The van der Waals surface area contributed by atoms with Crippen molar-refractivity contribution in [3.05, 3.63) is 100 Å². The van der Waals surface area contributed by atoms with Gasteiger partial charge in [-0.15, -0.1) is 0 Å². The van der Waals surface area contributed by atoms with E-state index in [2.05, 4.69) is 16.0 Å². The third-order valence-corrected chi connectivity index (χ3v) is 7.88. The second-order valence-electron chi connectivity index (χ2n) is 10.5. The van der Waals surface area contributed by atoms with E-state index >= 15 is 0 Å². The topological polar surface area (TPSA) is 108 Å². The van der Waals surface area contributed by atoms with Crippen molar-refractivity contribution < 1.29 is 19.2 Å². The molecule has 0 saturated heterocycles. The van der Waals surface area contributed by atoms with Gasteiger partial charge in [0.1, 0.15) is 12.1 Å². The van der Waals surface area contributed by atoms with E-state index in [0.29, 0.717) is 35.7 Å². The van der Waals surface area contributed by atoms with Gasteiger partial charge in [-0.3, -0.25) is 19.2 Å². The van der Waals surface area contributed by atoms with E-state index in [9.17, 15) is 19.2 Å². The lowest BCUT2D eigenvalue weighted by molar-refractivity contribution is -0.142. The number of benzene rings is 3. The van der Waals surface area contributed by atoms with Gasteiger partial charge in [0.05, 0.1) is 0 Å². The number of nitrogens with zero attached hydrogens (tertiary/aromatic N) is 1. The Balaban J connectivity index is 1.50. The number of nitrogens with one attached hydrogen (secondary N) is 3. The number of Topliss-reactive ketones (excluding diaryl/α,β-unsaturated/α-hetero) is 1. The number of fused-ring (bicyclic) bond motifs is 1. The van der Waals surface area contributed by atoms with Crippen LogP contribution in [0.3, 0.4) is 0 Å². The smallest absolute Gasteiger partial charge is 0.246 e. The molecule has 0 aliphatic carbocycles. The Kier molecular flexibility index (Phi) is 10.9. The highest BCUT2D eigenvalue weighted by atomic mass is 35.5. The molecule has 4 rings (SSSR count). The fraction of sp³-hybridized carbons (Fsp3) is 0.333. The lowest BCUT2D eigenvalue weighted by Gasteiger charge is -2.37. The number of halogens is 1. The van der Waals surface area contributed by atoms with Crippen LogP contribution in [0.15, 0.2) is 72.8 Å². The molecule has 1 aliphatic rings. The third-order valence-electron chi connectivity index (χ3n) is 7.45. The molecular weight excluding hydrogens is 552 g/mol. The average Bonchev–Trinajstić information content (AvgIpc) is 3.00. The zero-order chi connectivity index (χ0) is 30.1. The maximum absolute atomic E-state index is 13.8. The van der Waals surface area contributed by atoms with Gasteiger partial charge >= 0.3 is 0 Å². The van der Waals surface area contributed by atoms with Crippen LogP contribution in [-0.2, 0) is 27.3 Å². The lowest BCUT2D eigenvalue weighted by atomic mass is 9.92. The van der Waals surface area contributed by atoms with Crippen molar-refractivity contribution in [2.24, 2.45) is 0 Å². The molecule has 0 unspecified atom stereocenters. The van der Waals surface area contributed by atoms with E-state index < -0.39 is 18.0 Å². The molecule has 42 heavy (non-hydrogen) atoms. The number of hydrogen-bond donors (Lipinski definition) is 3. The molecule has 0 saturated carbocycles. The first-order valence-electron chi connectivity index (χ1n) is 14.3. The summed E-state index contributed by atoms with van der Waals surface area (Å²) in [6.07, 6.45) is 0.711. The molecule has 0 spiro atoms. The Morgan fingerprint density at radius 1 is 0.952 bits per heavy atom. The normalized spacial score (nSPS) is 14.9. The summed E-state index contributed by atoms with van der Waals surface area (Å²) in [5.74, 6) is -1.17. The summed E-state index contributed by atoms with van der Waals surface area (Å²) < 4.78 is 0. The van der Waals surface area contributed by atoms with Crippen molar-refractivity contribution in [3.8, 4) is 0 Å². The minimum atomic E-state index is -0.832. The molecule has 220 valence electrons. The fourth-order valence-electron chi connectivity index (χ4n) is 5.06. The van der Waals surface area contributed by atoms with Crippen LogP contribution in [-0.4, -0.2) is 53.6 Å². The predicted molar refractivity (Wildman–Crippen MR) is 164 cm³/mol. The van der Waals surface area contributed by atoms with E-state index in [4.69, 9.17) is 11.6 Å². The number of carbonyl (C=O) groups excluding carboxylic acids is 4. The van der Waals surface area contributed by atoms with Gasteiger partial charge in [-0.1, -0.05) is 73.1 Å². The molecule has 3 aromatic carbocycles. The molecule has 3 N–H and O–H groups in total. The SMILES string of the molecule is CCNCC[C@H](NC(=O)[C@@H]1Cc2ccccc2CN1C(=O)CCC(=O)c1ccccc1)C(=O)Nc1ccc(Cl)c(C)c1. The zero-order valence-corrected chi connectivity index (χ0v) is 24.7. The van der Waals surface area contributed by atoms with Gasteiger partial charge in [-0.25, -0.2) is 0 Å². The van der Waals surface area contributed by atoms with Crippen LogP contribution in [0.25, 0.3) is 0 Å². The zero-order valence-electron chi connectivity index (χ0n) is 24.0. The Hall–Kier alpha value is -4.01. The molecule has 9 heteroatoms. The minimum absolute atomic E-state index is 0.0140. The van der Waals surface area contributed by atoms with E-state index in [1.54, 1.807) is 42.5 Å². The number of ketones is 1. The molecular formula is C33H37ClN4O4. The van der Waals surface area contributed by atoms with Gasteiger partial charge in [0.15, 0.2) is 5.78 Å². The second kappa shape index (κ2) is 14.8. The van der Waals surface area contributed by atoms with Gasteiger partial charge in [-0.05, 0) is 61.3 Å². The van der Waals surface area contributed by atoms with E-state index in [1.807, 2.05) is 44.2 Å². The van der Waals surface area contributed by atoms with Crippen molar-refractivity contribution >= 4 is 40.8 Å². The maximum atomic E-state index is 13.8. The summed E-state index contributed by atoms with van der Waals surface area (Å²) >= 11 is 6.14. The number of carbonyl (C=O) groups is 4. The summed E-state index contributed by atoms with van der Waals surface area (Å²) in [6.45, 7) is 5.32. The monoisotopic (exact) mass is 588 g/mol. The van der Waals surface area contributed by atoms with E-state index in [0.717, 1.165) is 23.2 Å². The van der Waals surface area contributed by atoms with Gasteiger partial charge in [0, 0.05) is 42.1 Å². The second-order valence-corrected chi connectivity index (χ2v) is 10.9. The minimum Gasteiger partial charge on any atom is -0.342 e. The first-order valence-corrected chi connectivity index (χ1v) is 14.7. The predicted octanol–water partition coefficient (Wildman–Crippen LogP) is 4.69. The third kappa shape index (κ3) is 8.05. The number of anilines is 1. The highest BCUT2D eigenvalue weighted by molar-refractivity contribution is 6.31. The summed E-state index contributed by atoms with van der Waals surface area (Å²) in [5.41, 5.74) is 3.89. The van der Waals surface area contributed by atoms with Gasteiger partial charge < -0.3 is 20.9 Å². The van der Waals surface area contributed by atoms with Crippen LogP contribution in [0.5, 0.6) is 0 Å². The van der Waals surface area contributed by atoms with Crippen molar-refractivity contribution in [1.29, 1.82) is 0 Å². The molecule has 2 atom stereocenters. The van der Waals surface area contributed by atoms with E-state index in [1.165, 1.54) is 4.90 Å². The van der Waals surface area contributed by atoms with Gasteiger partial charge in [0.25, 0.3) is 0 Å². The molecule has 0 aromatic heterocycles. The number of aryl methyl sites for hydroxylation is 1.